The Morgan fingerprint density at radius 2 is 2.00 bits per heavy atom. The predicted octanol–water partition coefficient (Wildman–Crippen LogP) is 3.43. The van der Waals surface area contributed by atoms with Gasteiger partial charge in [-0.1, -0.05) is 6.42 Å². The van der Waals surface area contributed by atoms with Crippen LogP contribution in [0.3, 0.4) is 0 Å². The molecule has 1 heterocycles. The number of rotatable bonds is 2. The Morgan fingerprint density at radius 3 is 2.80 bits per heavy atom. The second kappa shape index (κ2) is 3.91. The van der Waals surface area contributed by atoms with E-state index in [0.29, 0.717) is 6.04 Å². The maximum Gasteiger partial charge on any atom is 0.0418 e. The summed E-state index contributed by atoms with van der Waals surface area (Å²) in [5, 5.41) is 0. The van der Waals surface area contributed by atoms with Gasteiger partial charge in [-0.05, 0) is 56.1 Å². The standard InChI is InChI=1S/C13H19NS/c14-13(9-6-7-9)12-8-10-4-2-1-3-5-11(10)15-12/h8-9,13H,1-7,14H2. The molecule has 2 aliphatic rings. The van der Waals surface area contributed by atoms with E-state index in [1.807, 2.05) is 11.3 Å². The molecule has 3 rings (SSSR count). The Kier molecular flexibility index (Phi) is 2.57. The molecule has 0 bridgehead atoms. The highest BCUT2D eigenvalue weighted by molar-refractivity contribution is 7.12. The third-order valence-electron chi connectivity index (χ3n) is 3.72. The third kappa shape index (κ3) is 1.98. The van der Waals surface area contributed by atoms with E-state index in [9.17, 15) is 0 Å². The van der Waals surface area contributed by atoms with Crippen molar-refractivity contribution in [1.82, 2.24) is 0 Å². The van der Waals surface area contributed by atoms with Crippen LogP contribution in [0.25, 0.3) is 0 Å². The fourth-order valence-electron chi connectivity index (χ4n) is 2.54. The van der Waals surface area contributed by atoms with E-state index in [2.05, 4.69) is 6.07 Å². The first-order chi connectivity index (χ1) is 7.34. The average molecular weight is 221 g/mol. The first-order valence-electron chi connectivity index (χ1n) is 6.21. The number of hydrogen-bond acceptors (Lipinski definition) is 2. The molecule has 0 aromatic carbocycles. The molecule has 0 saturated heterocycles. The highest BCUT2D eigenvalue weighted by Gasteiger charge is 2.31. The van der Waals surface area contributed by atoms with Gasteiger partial charge in [0.2, 0.25) is 0 Å². The van der Waals surface area contributed by atoms with Crippen LogP contribution in [0.4, 0.5) is 0 Å². The van der Waals surface area contributed by atoms with E-state index in [-0.39, 0.29) is 0 Å². The molecule has 1 unspecified atom stereocenters. The molecule has 0 amide bonds. The lowest BCUT2D eigenvalue weighted by molar-refractivity contribution is 0.643. The van der Waals surface area contributed by atoms with E-state index < -0.39 is 0 Å². The molecular formula is C13H19NS. The number of fused-ring (bicyclic) bond motifs is 1. The largest absolute Gasteiger partial charge is 0.323 e. The summed E-state index contributed by atoms with van der Waals surface area (Å²) in [4.78, 5) is 3.10. The molecule has 82 valence electrons. The maximum atomic E-state index is 6.26. The summed E-state index contributed by atoms with van der Waals surface area (Å²) >= 11 is 2.00. The van der Waals surface area contributed by atoms with E-state index in [4.69, 9.17) is 5.73 Å². The number of aryl methyl sites for hydroxylation is 2. The van der Waals surface area contributed by atoms with Crippen molar-refractivity contribution in [3.05, 3.63) is 21.4 Å². The van der Waals surface area contributed by atoms with Crippen LogP contribution in [0, 0.1) is 5.92 Å². The summed E-state index contributed by atoms with van der Waals surface area (Å²) in [6.45, 7) is 0. The van der Waals surface area contributed by atoms with Crippen LogP contribution in [0.5, 0.6) is 0 Å². The van der Waals surface area contributed by atoms with Crippen LogP contribution in [0.15, 0.2) is 6.07 Å². The van der Waals surface area contributed by atoms with Gasteiger partial charge in [-0.15, -0.1) is 11.3 Å². The van der Waals surface area contributed by atoms with E-state index in [0.717, 1.165) is 5.92 Å². The minimum absolute atomic E-state index is 0.349. The van der Waals surface area contributed by atoms with Crippen molar-refractivity contribution >= 4 is 11.3 Å². The van der Waals surface area contributed by atoms with Crippen LogP contribution in [-0.4, -0.2) is 0 Å². The molecule has 2 N–H and O–H groups in total. The van der Waals surface area contributed by atoms with Crippen LogP contribution in [-0.2, 0) is 12.8 Å². The maximum absolute atomic E-state index is 6.26. The lowest BCUT2D eigenvalue weighted by Crippen LogP contribution is -2.10. The fourth-order valence-corrected chi connectivity index (χ4v) is 3.90. The Balaban J connectivity index is 1.84. The monoisotopic (exact) mass is 221 g/mol. The van der Waals surface area contributed by atoms with Crippen LogP contribution < -0.4 is 5.73 Å². The number of hydrogen-bond donors (Lipinski definition) is 1. The molecule has 1 saturated carbocycles. The summed E-state index contributed by atoms with van der Waals surface area (Å²) in [6, 6.07) is 2.76. The second-order valence-corrected chi connectivity index (χ2v) is 6.19. The molecule has 2 aliphatic carbocycles. The zero-order valence-corrected chi connectivity index (χ0v) is 9.98. The normalized spacial score (nSPS) is 23.3. The van der Waals surface area contributed by atoms with E-state index in [1.54, 1.807) is 10.4 Å². The van der Waals surface area contributed by atoms with Crippen LogP contribution in [0.1, 0.15) is 53.5 Å². The van der Waals surface area contributed by atoms with Gasteiger partial charge in [-0.25, -0.2) is 0 Å². The van der Waals surface area contributed by atoms with Crippen molar-refractivity contribution in [3.63, 3.8) is 0 Å². The van der Waals surface area contributed by atoms with Crippen LogP contribution >= 0.6 is 11.3 Å². The summed E-state index contributed by atoms with van der Waals surface area (Å²) in [5.41, 5.74) is 7.88. The van der Waals surface area contributed by atoms with Crippen molar-refractivity contribution < 1.29 is 0 Å². The summed E-state index contributed by atoms with van der Waals surface area (Å²) < 4.78 is 0. The van der Waals surface area contributed by atoms with Crippen molar-refractivity contribution in [3.8, 4) is 0 Å². The molecule has 15 heavy (non-hydrogen) atoms. The van der Waals surface area contributed by atoms with Gasteiger partial charge in [0.25, 0.3) is 0 Å². The minimum Gasteiger partial charge on any atom is -0.323 e. The van der Waals surface area contributed by atoms with Gasteiger partial charge in [0.15, 0.2) is 0 Å². The van der Waals surface area contributed by atoms with Gasteiger partial charge in [0.05, 0.1) is 0 Å². The molecule has 1 nitrogen and oxygen atoms in total. The lowest BCUT2D eigenvalue weighted by atomic mass is 10.1. The van der Waals surface area contributed by atoms with Gasteiger partial charge in [-0.3, -0.25) is 0 Å². The summed E-state index contributed by atoms with van der Waals surface area (Å²) in [5.74, 6) is 0.798. The molecular weight excluding hydrogens is 202 g/mol. The Labute approximate surface area is 95.7 Å². The van der Waals surface area contributed by atoms with Crippen molar-refractivity contribution in [1.29, 1.82) is 0 Å². The van der Waals surface area contributed by atoms with Gasteiger partial charge >= 0.3 is 0 Å². The lowest BCUT2D eigenvalue weighted by Gasteiger charge is -2.06. The summed E-state index contributed by atoms with van der Waals surface area (Å²) in [6.07, 6.45) is 9.47. The quantitative estimate of drug-likeness (QED) is 0.761. The Hall–Kier alpha value is -0.340. The molecule has 1 fully saturated rings. The summed E-state index contributed by atoms with van der Waals surface area (Å²) in [7, 11) is 0. The zero-order valence-electron chi connectivity index (χ0n) is 9.17. The molecule has 1 aromatic heterocycles. The third-order valence-corrected chi connectivity index (χ3v) is 5.06. The van der Waals surface area contributed by atoms with E-state index >= 15 is 0 Å². The minimum atomic E-state index is 0.349. The number of nitrogens with two attached hydrogens (primary N) is 1. The highest BCUT2D eigenvalue weighted by atomic mass is 32.1. The predicted molar refractivity (Wildman–Crippen MR) is 65.2 cm³/mol. The Bertz CT molecular complexity index is 328. The second-order valence-electron chi connectivity index (χ2n) is 5.02. The van der Waals surface area contributed by atoms with Crippen LogP contribution in [0.2, 0.25) is 0 Å². The molecule has 1 aromatic rings. The molecule has 0 aliphatic heterocycles. The first-order valence-corrected chi connectivity index (χ1v) is 7.03. The first kappa shape index (κ1) is 9.86. The highest BCUT2D eigenvalue weighted by Crippen LogP contribution is 2.42. The van der Waals surface area contributed by atoms with Gasteiger partial charge in [0, 0.05) is 15.8 Å². The molecule has 2 heteroatoms. The zero-order chi connectivity index (χ0) is 10.3. The van der Waals surface area contributed by atoms with Crippen molar-refractivity contribution in [2.75, 3.05) is 0 Å². The van der Waals surface area contributed by atoms with E-state index in [1.165, 1.54) is 49.8 Å². The van der Waals surface area contributed by atoms with Crippen molar-refractivity contribution in [2.45, 2.75) is 51.0 Å². The smallest absolute Gasteiger partial charge is 0.0418 e. The average Bonchev–Trinajstić information content (AvgIpc) is 3.03. The topological polar surface area (TPSA) is 26.0 Å². The molecule has 0 spiro atoms. The van der Waals surface area contributed by atoms with Gasteiger partial charge < -0.3 is 5.73 Å². The molecule has 1 atom stereocenters. The van der Waals surface area contributed by atoms with Gasteiger partial charge in [-0.2, -0.15) is 0 Å². The molecule has 0 radical (unpaired) electrons. The number of thiophene rings is 1. The Morgan fingerprint density at radius 1 is 1.20 bits per heavy atom. The van der Waals surface area contributed by atoms with Crippen molar-refractivity contribution in [2.24, 2.45) is 11.7 Å². The van der Waals surface area contributed by atoms with Gasteiger partial charge in [0.1, 0.15) is 0 Å². The SMILES string of the molecule is NC(c1cc2c(s1)CCCCC2)C1CC1. The fraction of sp³-hybridized carbons (Fsp3) is 0.692.